The van der Waals surface area contributed by atoms with Crippen molar-refractivity contribution in [3.63, 3.8) is 0 Å². The van der Waals surface area contributed by atoms with E-state index in [0.717, 1.165) is 63.8 Å². The molecular weight excluding hydrogens is 1070 g/mol. The molecule has 4 heterocycles. The van der Waals surface area contributed by atoms with E-state index in [4.69, 9.17) is 70.7 Å². The average Bonchev–Trinajstić information content (AvgIpc) is 3.74. The van der Waals surface area contributed by atoms with Gasteiger partial charge in [-0.2, -0.15) is 29.9 Å². The summed E-state index contributed by atoms with van der Waals surface area (Å²) in [6.07, 6.45) is 20.4. The van der Waals surface area contributed by atoms with E-state index in [1.54, 1.807) is 26.4 Å². The van der Waals surface area contributed by atoms with Crippen LogP contribution >= 0.6 is 66.7 Å². The van der Waals surface area contributed by atoms with Crippen molar-refractivity contribution in [1.82, 2.24) is 45.0 Å². The maximum Gasteiger partial charge on any atom is 0.233 e. The van der Waals surface area contributed by atoms with Gasteiger partial charge in [0, 0.05) is 42.6 Å². The fourth-order valence-electron chi connectivity index (χ4n) is 8.26. The Labute approximate surface area is 442 Å². The van der Waals surface area contributed by atoms with Crippen molar-refractivity contribution in [2.24, 2.45) is 5.73 Å². The van der Waals surface area contributed by atoms with Crippen LogP contribution in [0, 0.1) is 0 Å². The van der Waals surface area contributed by atoms with Crippen LogP contribution in [-0.2, 0) is 0 Å². The molecular formula is C48H75Br2Cl3N14O2. The molecule has 0 unspecified atom stereocenters. The number of anilines is 5. The first-order valence-corrected chi connectivity index (χ1v) is 26.9. The predicted molar refractivity (Wildman–Crippen MR) is 293 cm³/mol. The number of benzene rings is 2. The molecule has 2 aromatic carbocycles. The van der Waals surface area contributed by atoms with E-state index in [1.165, 1.54) is 103 Å². The molecule has 21 heteroatoms. The first-order valence-electron chi connectivity index (χ1n) is 24.1. The van der Waals surface area contributed by atoms with Gasteiger partial charge in [-0.3, -0.25) is 0 Å². The quantitative estimate of drug-likeness (QED) is 0.0784. The Morgan fingerprint density at radius 1 is 0.623 bits per heavy atom. The zero-order chi connectivity index (χ0) is 50.1. The molecule has 2 aliphatic heterocycles. The molecule has 69 heavy (non-hydrogen) atoms. The molecule has 2 aliphatic carbocycles. The number of rotatable bonds is 9. The van der Waals surface area contributed by atoms with Crippen LogP contribution in [0.1, 0.15) is 103 Å². The van der Waals surface area contributed by atoms with Crippen molar-refractivity contribution < 1.29 is 9.47 Å². The van der Waals surface area contributed by atoms with Crippen molar-refractivity contribution >= 4 is 95.9 Å². The van der Waals surface area contributed by atoms with Gasteiger partial charge in [-0.05, 0) is 202 Å². The van der Waals surface area contributed by atoms with E-state index in [9.17, 15) is 0 Å². The molecule has 2 aromatic heterocycles. The van der Waals surface area contributed by atoms with Gasteiger partial charge in [-0.1, -0.05) is 51.4 Å². The molecule has 8 rings (SSSR count). The average molecular weight is 1150 g/mol. The predicted octanol–water partition coefficient (Wildman–Crippen LogP) is 10.9. The number of hydrogen-bond donors (Lipinski definition) is 5. The highest BCUT2D eigenvalue weighted by atomic mass is 79.9. The SMILES string of the molecule is CNC1CCN(C)CC1.COc1ccc(N)cc1Br.COc1ccc(Nc2nc(NC3CCCCCC3)nc(N(C)C3CCN(C)CC3)n2)cc1Br.Clc1nc(Cl)nc(Cl)n1.NC1CCCCCC1. The number of halogens is 5. The van der Waals surface area contributed by atoms with Gasteiger partial charge in [0.05, 0.1) is 23.2 Å². The largest absolute Gasteiger partial charge is 0.496 e. The number of piperidine rings is 2. The zero-order valence-corrected chi connectivity index (χ0v) is 46.7. The molecule has 2 saturated heterocycles. The second-order valence-electron chi connectivity index (χ2n) is 17.9. The summed E-state index contributed by atoms with van der Waals surface area (Å²) in [4.78, 5) is 31.8. The molecule has 0 radical (unpaired) electrons. The highest BCUT2D eigenvalue weighted by molar-refractivity contribution is 9.11. The molecule has 0 amide bonds. The van der Waals surface area contributed by atoms with Crippen LogP contribution in [0.15, 0.2) is 45.3 Å². The van der Waals surface area contributed by atoms with Gasteiger partial charge in [-0.25, -0.2) is 0 Å². The summed E-state index contributed by atoms with van der Waals surface area (Å²) in [7, 11) is 11.8. The number of hydrogen-bond acceptors (Lipinski definition) is 16. The number of aromatic nitrogens is 6. The molecule has 7 N–H and O–H groups in total. The van der Waals surface area contributed by atoms with Gasteiger partial charge in [0.15, 0.2) is 0 Å². The first-order chi connectivity index (χ1) is 33.1. The minimum Gasteiger partial charge on any atom is -0.496 e. The van der Waals surface area contributed by atoms with Crippen molar-refractivity contribution in [1.29, 1.82) is 0 Å². The van der Waals surface area contributed by atoms with Gasteiger partial charge in [-0.15, -0.1) is 0 Å². The normalized spacial score (nSPS) is 17.6. The second kappa shape index (κ2) is 32.1. The van der Waals surface area contributed by atoms with Crippen molar-refractivity contribution in [2.45, 2.75) is 127 Å². The Bertz CT molecular complexity index is 2020. The van der Waals surface area contributed by atoms with E-state index in [-0.39, 0.29) is 15.9 Å². The summed E-state index contributed by atoms with van der Waals surface area (Å²) in [6.45, 7) is 4.70. The van der Waals surface area contributed by atoms with Gasteiger partial charge in [0.2, 0.25) is 33.7 Å². The van der Waals surface area contributed by atoms with Gasteiger partial charge in [0.1, 0.15) is 11.5 Å². The molecule has 0 bridgehead atoms. The summed E-state index contributed by atoms with van der Waals surface area (Å²) in [6, 6.07) is 13.4. The lowest BCUT2D eigenvalue weighted by Crippen LogP contribution is -2.42. The van der Waals surface area contributed by atoms with E-state index >= 15 is 0 Å². The smallest absolute Gasteiger partial charge is 0.233 e. The van der Waals surface area contributed by atoms with Gasteiger partial charge >= 0.3 is 0 Å². The molecule has 4 aromatic rings. The van der Waals surface area contributed by atoms with Gasteiger partial charge in [0.25, 0.3) is 0 Å². The topological polar surface area (TPSA) is 194 Å². The van der Waals surface area contributed by atoms with Crippen LogP contribution in [-0.4, -0.2) is 132 Å². The van der Waals surface area contributed by atoms with Crippen LogP contribution < -0.4 is 41.8 Å². The fraction of sp³-hybridized carbons (Fsp3) is 0.625. The Morgan fingerprint density at radius 2 is 1.10 bits per heavy atom. The van der Waals surface area contributed by atoms with E-state index in [0.29, 0.717) is 36.0 Å². The molecule has 4 aliphatic rings. The third-order valence-corrected chi connectivity index (χ3v) is 14.3. The van der Waals surface area contributed by atoms with Crippen molar-refractivity contribution in [3.8, 4) is 11.5 Å². The number of ether oxygens (including phenoxy) is 2. The van der Waals surface area contributed by atoms with E-state index in [2.05, 4.69) is 106 Å². The Kier molecular flexibility index (Phi) is 27.2. The molecule has 16 nitrogen and oxygen atoms in total. The summed E-state index contributed by atoms with van der Waals surface area (Å²) in [5, 5.41) is 10.3. The highest BCUT2D eigenvalue weighted by Gasteiger charge is 2.24. The minimum atomic E-state index is 0.000000000000000444. The lowest BCUT2D eigenvalue weighted by atomic mass is 10.0. The lowest BCUT2D eigenvalue weighted by molar-refractivity contribution is 0.240. The third-order valence-electron chi connectivity index (χ3n) is 12.5. The summed E-state index contributed by atoms with van der Waals surface area (Å²) >= 11 is 22.8. The summed E-state index contributed by atoms with van der Waals surface area (Å²) < 4.78 is 12.1. The maximum atomic E-state index is 5.73. The lowest BCUT2D eigenvalue weighted by Gasteiger charge is -2.35. The minimum absolute atomic E-state index is 0.000000000000000444. The van der Waals surface area contributed by atoms with Gasteiger partial charge < -0.3 is 51.6 Å². The summed E-state index contributed by atoms with van der Waals surface area (Å²) in [5.74, 6) is 3.50. The number of methoxy groups -OCH3 is 2. The maximum absolute atomic E-state index is 5.73. The molecule has 384 valence electrons. The van der Waals surface area contributed by atoms with Crippen LogP contribution in [0.25, 0.3) is 0 Å². The van der Waals surface area contributed by atoms with Crippen LogP contribution in [0.5, 0.6) is 11.5 Å². The number of nitrogens with zero attached hydrogens (tertiary/aromatic N) is 9. The Morgan fingerprint density at radius 3 is 1.59 bits per heavy atom. The number of likely N-dealkylation sites (tertiary alicyclic amines) is 2. The molecule has 0 atom stereocenters. The number of nitrogens with two attached hydrogens (primary N) is 2. The second-order valence-corrected chi connectivity index (χ2v) is 20.6. The summed E-state index contributed by atoms with van der Waals surface area (Å²) in [5.41, 5.74) is 12.9. The number of nitrogen functional groups attached to an aromatic ring is 1. The van der Waals surface area contributed by atoms with Crippen LogP contribution in [0.3, 0.4) is 0 Å². The molecule has 0 spiro atoms. The highest BCUT2D eigenvalue weighted by Crippen LogP contribution is 2.30. The fourth-order valence-corrected chi connectivity index (χ4v) is 9.97. The Balaban J connectivity index is 0.000000230. The molecule has 2 saturated carbocycles. The van der Waals surface area contributed by atoms with Crippen molar-refractivity contribution in [2.75, 3.05) is 89.9 Å². The van der Waals surface area contributed by atoms with Crippen LogP contribution in [0.2, 0.25) is 15.9 Å². The van der Waals surface area contributed by atoms with Crippen molar-refractivity contribution in [3.05, 3.63) is 61.2 Å². The van der Waals surface area contributed by atoms with E-state index < -0.39 is 0 Å². The number of nitrogens with one attached hydrogen (secondary N) is 3. The first kappa shape index (κ1) is 58.5. The third kappa shape index (κ3) is 22.5. The molecule has 4 fully saturated rings. The standard InChI is InChI=1S/C24H36BrN7O.C7H8BrNO.C7H16N2.C7H15N.C3Cl3N3/c1-31-14-12-19(13-15-31)32(2)24-29-22(26-17-8-6-4-5-7-9-17)28-23(30-24)27-18-10-11-21(33-3)20(25)16-18;1-10-7-3-2-5(9)4-6(7)8;1-8-7-3-5-9(2)6-4-7;8-7-5-3-1-2-4-6-7;4-1-7-2(5)9-3(6)8-1/h10-11,16-17,19H,4-9,12-15H2,1-3H3,(H2,26,27,28,29,30);2-4H,9H2,1H3;7-8H,3-6H2,1-2H3;7H,1-6,8H2;. The van der Waals surface area contributed by atoms with Crippen LogP contribution in [0.4, 0.5) is 29.2 Å². The monoisotopic (exact) mass is 1140 g/mol. The Hall–Kier alpha value is -3.07. The van der Waals surface area contributed by atoms with E-state index in [1.807, 2.05) is 24.3 Å². The zero-order valence-electron chi connectivity index (χ0n) is 41.3.